The van der Waals surface area contributed by atoms with E-state index >= 15 is 0 Å². The molecule has 0 aliphatic heterocycles. The summed E-state index contributed by atoms with van der Waals surface area (Å²) < 4.78 is 0. The first-order chi connectivity index (χ1) is 5.34. The Kier molecular flexibility index (Phi) is 4.29. The fraction of sp³-hybridized carbons (Fsp3) is 0.900. The molecule has 1 amide bonds. The standard InChI is InChI=1S/C10H21NO/c1-8(2)6-7-11-9(12)10(3,4)5/h8H,6-7H2,1-5H3,(H,11,12). The van der Waals surface area contributed by atoms with Crippen molar-refractivity contribution in [3.8, 4) is 0 Å². The molecule has 0 fully saturated rings. The maximum atomic E-state index is 11.3. The largest absolute Gasteiger partial charge is 0.356 e. The number of amides is 1. The van der Waals surface area contributed by atoms with Crippen LogP contribution in [-0.4, -0.2) is 12.5 Å². The van der Waals surface area contributed by atoms with Gasteiger partial charge in [0, 0.05) is 12.0 Å². The van der Waals surface area contributed by atoms with Crippen molar-refractivity contribution >= 4 is 5.91 Å². The van der Waals surface area contributed by atoms with Gasteiger partial charge in [0.1, 0.15) is 0 Å². The minimum Gasteiger partial charge on any atom is -0.356 e. The predicted octanol–water partition coefficient (Wildman–Crippen LogP) is 2.19. The molecule has 0 aliphatic carbocycles. The molecule has 0 aromatic heterocycles. The van der Waals surface area contributed by atoms with Crippen LogP contribution in [0.1, 0.15) is 41.0 Å². The molecule has 0 saturated heterocycles. The minimum absolute atomic E-state index is 0.142. The molecule has 0 atom stereocenters. The van der Waals surface area contributed by atoms with Gasteiger partial charge in [-0.05, 0) is 12.3 Å². The van der Waals surface area contributed by atoms with Gasteiger partial charge in [-0.2, -0.15) is 0 Å². The lowest BCUT2D eigenvalue weighted by molar-refractivity contribution is -0.128. The molecule has 0 bridgehead atoms. The molecule has 0 rings (SSSR count). The van der Waals surface area contributed by atoms with E-state index in [9.17, 15) is 4.79 Å². The number of rotatable bonds is 3. The first kappa shape index (κ1) is 11.5. The molecule has 0 aromatic carbocycles. The quantitative estimate of drug-likeness (QED) is 0.693. The number of hydrogen-bond donors (Lipinski definition) is 1. The van der Waals surface area contributed by atoms with E-state index in [1.807, 2.05) is 20.8 Å². The smallest absolute Gasteiger partial charge is 0.225 e. The third-order valence-electron chi connectivity index (χ3n) is 1.69. The molecule has 0 unspecified atom stereocenters. The summed E-state index contributed by atoms with van der Waals surface area (Å²) in [5, 5.41) is 2.92. The lowest BCUT2D eigenvalue weighted by Crippen LogP contribution is -2.35. The second kappa shape index (κ2) is 4.48. The Bertz CT molecular complexity index is 144. The molecule has 72 valence electrons. The molecule has 1 N–H and O–H groups in total. The van der Waals surface area contributed by atoms with Gasteiger partial charge >= 0.3 is 0 Å². The van der Waals surface area contributed by atoms with Crippen LogP contribution in [0.25, 0.3) is 0 Å². The number of nitrogens with one attached hydrogen (secondary N) is 1. The van der Waals surface area contributed by atoms with Crippen LogP contribution in [0.5, 0.6) is 0 Å². The molecule has 0 radical (unpaired) electrons. The Hall–Kier alpha value is -0.530. The normalized spacial score (nSPS) is 11.8. The summed E-state index contributed by atoms with van der Waals surface area (Å²) in [6, 6.07) is 0. The van der Waals surface area contributed by atoms with E-state index in [4.69, 9.17) is 0 Å². The summed E-state index contributed by atoms with van der Waals surface area (Å²) >= 11 is 0. The van der Waals surface area contributed by atoms with Crippen LogP contribution in [0.3, 0.4) is 0 Å². The van der Waals surface area contributed by atoms with Crippen LogP contribution in [-0.2, 0) is 4.79 Å². The van der Waals surface area contributed by atoms with Crippen LogP contribution >= 0.6 is 0 Å². The third-order valence-corrected chi connectivity index (χ3v) is 1.69. The summed E-state index contributed by atoms with van der Waals surface area (Å²) in [7, 11) is 0. The van der Waals surface area contributed by atoms with E-state index in [1.165, 1.54) is 0 Å². The van der Waals surface area contributed by atoms with Crippen molar-refractivity contribution in [2.45, 2.75) is 41.0 Å². The fourth-order valence-electron chi connectivity index (χ4n) is 0.740. The van der Waals surface area contributed by atoms with Crippen molar-refractivity contribution in [2.75, 3.05) is 6.54 Å². The Morgan fingerprint density at radius 2 is 1.83 bits per heavy atom. The van der Waals surface area contributed by atoms with Crippen LogP contribution in [0.4, 0.5) is 0 Å². The Labute approximate surface area is 75.7 Å². The highest BCUT2D eigenvalue weighted by Gasteiger charge is 2.20. The molecule has 0 aromatic rings. The van der Waals surface area contributed by atoms with Gasteiger partial charge in [0.2, 0.25) is 5.91 Å². The van der Waals surface area contributed by atoms with Crippen molar-refractivity contribution in [1.82, 2.24) is 5.32 Å². The van der Waals surface area contributed by atoms with E-state index < -0.39 is 0 Å². The molecular weight excluding hydrogens is 150 g/mol. The fourth-order valence-corrected chi connectivity index (χ4v) is 0.740. The summed E-state index contributed by atoms with van der Waals surface area (Å²) in [5.41, 5.74) is -0.253. The average molecular weight is 171 g/mol. The molecule has 0 saturated carbocycles. The highest BCUT2D eigenvalue weighted by Crippen LogP contribution is 2.12. The van der Waals surface area contributed by atoms with Crippen molar-refractivity contribution in [3.05, 3.63) is 0 Å². The van der Waals surface area contributed by atoms with Gasteiger partial charge in [-0.15, -0.1) is 0 Å². The van der Waals surface area contributed by atoms with Gasteiger partial charge in [-0.3, -0.25) is 4.79 Å². The Balaban J connectivity index is 3.59. The maximum absolute atomic E-state index is 11.3. The molecular formula is C10H21NO. The van der Waals surface area contributed by atoms with Crippen molar-refractivity contribution < 1.29 is 4.79 Å². The lowest BCUT2D eigenvalue weighted by atomic mass is 9.95. The van der Waals surface area contributed by atoms with Crippen molar-refractivity contribution in [2.24, 2.45) is 11.3 Å². The van der Waals surface area contributed by atoms with E-state index in [0.717, 1.165) is 13.0 Å². The molecule has 0 spiro atoms. The minimum atomic E-state index is -0.253. The second-order valence-electron chi connectivity index (χ2n) is 4.69. The van der Waals surface area contributed by atoms with Gasteiger partial charge in [0.15, 0.2) is 0 Å². The van der Waals surface area contributed by atoms with E-state index in [2.05, 4.69) is 19.2 Å². The summed E-state index contributed by atoms with van der Waals surface area (Å²) in [4.78, 5) is 11.3. The van der Waals surface area contributed by atoms with Crippen LogP contribution < -0.4 is 5.32 Å². The van der Waals surface area contributed by atoms with Crippen molar-refractivity contribution in [3.63, 3.8) is 0 Å². The van der Waals surface area contributed by atoms with Gasteiger partial charge in [0.05, 0.1) is 0 Å². The van der Waals surface area contributed by atoms with E-state index in [-0.39, 0.29) is 11.3 Å². The monoisotopic (exact) mass is 171 g/mol. The van der Waals surface area contributed by atoms with Crippen LogP contribution in [0.2, 0.25) is 0 Å². The second-order valence-corrected chi connectivity index (χ2v) is 4.69. The van der Waals surface area contributed by atoms with E-state index in [1.54, 1.807) is 0 Å². The van der Waals surface area contributed by atoms with Crippen molar-refractivity contribution in [1.29, 1.82) is 0 Å². The first-order valence-electron chi connectivity index (χ1n) is 4.62. The zero-order valence-corrected chi connectivity index (χ0v) is 8.90. The SMILES string of the molecule is CC(C)CCNC(=O)C(C)(C)C. The predicted molar refractivity (Wildman–Crippen MR) is 51.9 cm³/mol. The van der Waals surface area contributed by atoms with Crippen LogP contribution in [0, 0.1) is 11.3 Å². The lowest BCUT2D eigenvalue weighted by Gasteiger charge is -2.17. The molecule has 0 heterocycles. The summed E-state index contributed by atoms with van der Waals surface area (Å²) in [6.45, 7) is 10.9. The molecule has 2 heteroatoms. The third kappa shape index (κ3) is 5.16. The average Bonchev–Trinajstić information content (AvgIpc) is 1.84. The van der Waals surface area contributed by atoms with E-state index in [0.29, 0.717) is 5.92 Å². The maximum Gasteiger partial charge on any atom is 0.225 e. The Morgan fingerprint density at radius 1 is 1.33 bits per heavy atom. The summed E-state index contributed by atoms with van der Waals surface area (Å²) in [6.07, 6.45) is 1.06. The van der Waals surface area contributed by atoms with Gasteiger partial charge < -0.3 is 5.32 Å². The Morgan fingerprint density at radius 3 is 2.17 bits per heavy atom. The van der Waals surface area contributed by atoms with Crippen LogP contribution in [0.15, 0.2) is 0 Å². The van der Waals surface area contributed by atoms with Gasteiger partial charge in [-0.1, -0.05) is 34.6 Å². The summed E-state index contributed by atoms with van der Waals surface area (Å²) in [5.74, 6) is 0.799. The highest BCUT2D eigenvalue weighted by molar-refractivity contribution is 5.81. The number of carbonyl (C=O) groups excluding carboxylic acids is 1. The first-order valence-corrected chi connectivity index (χ1v) is 4.62. The molecule has 2 nitrogen and oxygen atoms in total. The van der Waals surface area contributed by atoms with Gasteiger partial charge in [0.25, 0.3) is 0 Å². The topological polar surface area (TPSA) is 29.1 Å². The number of hydrogen-bond acceptors (Lipinski definition) is 1. The molecule has 0 aliphatic rings. The number of carbonyl (C=O) groups is 1. The highest BCUT2D eigenvalue weighted by atomic mass is 16.2. The van der Waals surface area contributed by atoms with Gasteiger partial charge in [-0.25, -0.2) is 0 Å². The zero-order chi connectivity index (χ0) is 9.78. The zero-order valence-electron chi connectivity index (χ0n) is 8.90. The molecule has 12 heavy (non-hydrogen) atoms.